The van der Waals surface area contributed by atoms with Crippen LogP contribution in [0, 0.1) is 10.1 Å². The van der Waals surface area contributed by atoms with Crippen molar-refractivity contribution in [2.24, 2.45) is 0 Å². The van der Waals surface area contributed by atoms with Gasteiger partial charge in [0.25, 0.3) is 0 Å². The van der Waals surface area contributed by atoms with Crippen molar-refractivity contribution in [1.29, 1.82) is 0 Å². The number of alkyl halides is 3. The zero-order valence-corrected chi connectivity index (χ0v) is 8.81. The van der Waals surface area contributed by atoms with Gasteiger partial charge in [-0.15, -0.1) is 0 Å². The molecule has 0 amide bonds. The standard InChI is InChI=1S/C10H6F3N3O2/c11-10(12,13)6-1-2-8-9(3-6)15-7(4-14-8)5-16(17)18/h1-4H,5H2. The number of nitrogens with zero attached hydrogens (tertiary/aromatic N) is 3. The molecular formula is C10H6F3N3O2. The van der Waals surface area contributed by atoms with Crippen LogP contribution in [0.5, 0.6) is 0 Å². The first-order valence-corrected chi connectivity index (χ1v) is 4.81. The van der Waals surface area contributed by atoms with Crippen molar-refractivity contribution in [2.45, 2.75) is 12.7 Å². The summed E-state index contributed by atoms with van der Waals surface area (Å²) in [5, 5.41) is 10.3. The number of hydrogen-bond donors (Lipinski definition) is 0. The fourth-order valence-electron chi connectivity index (χ4n) is 1.43. The van der Waals surface area contributed by atoms with E-state index >= 15 is 0 Å². The van der Waals surface area contributed by atoms with Crippen molar-refractivity contribution in [2.75, 3.05) is 0 Å². The number of nitro groups is 1. The van der Waals surface area contributed by atoms with Crippen molar-refractivity contribution >= 4 is 11.0 Å². The topological polar surface area (TPSA) is 68.9 Å². The summed E-state index contributed by atoms with van der Waals surface area (Å²) in [5.41, 5.74) is -0.589. The van der Waals surface area contributed by atoms with Crippen LogP contribution in [0.25, 0.3) is 11.0 Å². The zero-order valence-electron chi connectivity index (χ0n) is 8.81. The normalized spacial score (nSPS) is 11.7. The molecule has 2 rings (SSSR count). The summed E-state index contributed by atoms with van der Waals surface area (Å²) >= 11 is 0. The highest BCUT2D eigenvalue weighted by atomic mass is 19.4. The van der Waals surface area contributed by atoms with Gasteiger partial charge in [-0.05, 0) is 18.2 Å². The SMILES string of the molecule is O=[N+]([O-])Cc1cnc2ccc(C(F)(F)F)cc2n1. The fraction of sp³-hybridized carbons (Fsp3) is 0.200. The molecule has 0 aliphatic heterocycles. The van der Waals surface area contributed by atoms with Gasteiger partial charge < -0.3 is 0 Å². The largest absolute Gasteiger partial charge is 0.416 e. The number of aromatic nitrogens is 2. The molecule has 1 aromatic heterocycles. The van der Waals surface area contributed by atoms with Crippen LogP contribution in [0.15, 0.2) is 24.4 Å². The highest BCUT2D eigenvalue weighted by Gasteiger charge is 2.30. The van der Waals surface area contributed by atoms with Crippen molar-refractivity contribution in [3.63, 3.8) is 0 Å². The number of rotatable bonds is 2. The lowest BCUT2D eigenvalue weighted by molar-refractivity contribution is -0.497. The first-order valence-electron chi connectivity index (χ1n) is 4.81. The lowest BCUT2D eigenvalue weighted by Gasteiger charge is -2.07. The van der Waals surface area contributed by atoms with E-state index in [9.17, 15) is 23.3 Å². The zero-order chi connectivity index (χ0) is 13.3. The number of benzene rings is 1. The highest BCUT2D eigenvalue weighted by Crippen LogP contribution is 2.30. The molecule has 0 N–H and O–H groups in total. The van der Waals surface area contributed by atoms with E-state index in [1.807, 2.05) is 0 Å². The maximum absolute atomic E-state index is 12.5. The number of halogens is 3. The van der Waals surface area contributed by atoms with Gasteiger partial charge in [0, 0.05) is 4.92 Å². The molecule has 0 saturated heterocycles. The number of fused-ring (bicyclic) bond motifs is 1. The maximum Gasteiger partial charge on any atom is 0.416 e. The Hall–Kier alpha value is -2.25. The van der Waals surface area contributed by atoms with E-state index in [1.165, 1.54) is 12.3 Å². The minimum atomic E-state index is -4.48. The Morgan fingerprint density at radius 3 is 2.61 bits per heavy atom. The molecular weight excluding hydrogens is 251 g/mol. The fourth-order valence-corrected chi connectivity index (χ4v) is 1.43. The maximum atomic E-state index is 12.5. The number of hydrogen-bond acceptors (Lipinski definition) is 4. The average Bonchev–Trinajstić information content (AvgIpc) is 2.26. The first kappa shape index (κ1) is 12.2. The first-order chi connectivity index (χ1) is 8.36. The summed E-state index contributed by atoms with van der Waals surface area (Å²) < 4.78 is 37.4. The van der Waals surface area contributed by atoms with Gasteiger partial charge in [0.2, 0.25) is 6.54 Å². The van der Waals surface area contributed by atoms with E-state index in [0.717, 1.165) is 12.1 Å². The van der Waals surface area contributed by atoms with Crippen molar-refractivity contribution in [3.05, 3.63) is 45.8 Å². The van der Waals surface area contributed by atoms with Crippen LogP contribution < -0.4 is 0 Å². The van der Waals surface area contributed by atoms with Crippen LogP contribution in [0.4, 0.5) is 13.2 Å². The second-order valence-electron chi connectivity index (χ2n) is 3.55. The van der Waals surface area contributed by atoms with Gasteiger partial charge in [0.1, 0.15) is 5.69 Å². The molecule has 0 saturated carbocycles. The summed E-state index contributed by atoms with van der Waals surface area (Å²) in [5.74, 6) is 0. The Morgan fingerprint density at radius 2 is 2.00 bits per heavy atom. The summed E-state index contributed by atoms with van der Waals surface area (Å²) in [6.45, 7) is -0.570. The van der Waals surface area contributed by atoms with Gasteiger partial charge in [-0.1, -0.05) is 0 Å². The van der Waals surface area contributed by atoms with Crippen LogP contribution in [-0.4, -0.2) is 14.9 Å². The van der Waals surface area contributed by atoms with Crippen molar-refractivity contribution in [3.8, 4) is 0 Å². The molecule has 18 heavy (non-hydrogen) atoms. The molecule has 0 aliphatic carbocycles. The van der Waals surface area contributed by atoms with Crippen LogP contribution in [0.3, 0.4) is 0 Å². The molecule has 1 aromatic carbocycles. The molecule has 94 valence electrons. The van der Waals surface area contributed by atoms with Crippen molar-refractivity contribution in [1.82, 2.24) is 9.97 Å². The van der Waals surface area contributed by atoms with E-state index in [1.54, 1.807) is 0 Å². The smallest absolute Gasteiger partial charge is 0.264 e. The Balaban J connectivity index is 2.50. The van der Waals surface area contributed by atoms with Gasteiger partial charge in [0.05, 0.1) is 22.8 Å². The average molecular weight is 257 g/mol. The monoisotopic (exact) mass is 257 g/mol. The quantitative estimate of drug-likeness (QED) is 0.612. The lowest BCUT2D eigenvalue weighted by Crippen LogP contribution is -2.06. The van der Waals surface area contributed by atoms with Crippen molar-refractivity contribution < 1.29 is 18.1 Å². The molecule has 5 nitrogen and oxygen atoms in total. The Morgan fingerprint density at radius 1 is 1.28 bits per heavy atom. The Kier molecular flexibility index (Phi) is 2.85. The lowest BCUT2D eigenvalue weighted by atomic mass is 10.2. The van der Waals surface area contributed by atoms with Gasteiger partial charge >= 0.3 is 6.18 Å². The van der Waals surface area contributed by atoms with Gasteiger partial charge in [0.15, 0.2) is 0 Å². The van der Waals surface area contributed by atoms with E-state index in [2.05, 4.69) is 9.97 Å². The minimum absolute atomic E-state index is 0.0100. The van der Waals surface area contributed by atoms with Gasteiger partial charge in [-0.2, -0.15) is 13.2 Å². The van der Waals surface area contributed by atoms with Crippen LogP contribution in [0.1, 0.15) is 11.3 Å². The summed E-state index contributed by atoms with van der Waals surface area (Å²) in [7, 11) is 0. The third kappa shape index (κ3) is 2.53. The molecule has 0 unspecified atom stereocenters. The minimum Gasteiger partial charge on any atom is -0.264 e. The second-order valence-corrected chi connectivity index (χ2v) is 3.55. The highest BCUT2D eigenvalue weighted by molar-refractivity contribution is 5.74. The summed E-state index contributed by atoms with van der Waals surface area (Å²) in [4.78, 5) is 17.3. The molecule has 0 radical (unpaired) electrons. The summed E-state index contributed by atoms with van der Waals surface area (Å²) in [6, 6.07) is 2.90. The Bertz CT molecular complexity index is 613. The van der Waals surface area contributed by atoms with E-state index in [0.29, 0.717) is 0 Å². The molecule has 0 aliphatic rings. The van der Waals surface area contributed by atoms with E-state index < -0.39 is 23.2 Å². The molecule has 2 aromatic rings. The molecule has 0 spiro atoms. The predicted octanol–water partition coefficient (Wildman–Crippen LogP) is 2.43. The second kappa shape index (κ2) is 4.21. The van der Waals surface area contributed by atoms with Crippen LogP contribution >= 0.6 is 0 Å². The molecule has 8 heteroatoms. The van der Waals surface area contributed by atoms with E-state index in [-0.39, 0.29) is 16.7 Å². The molecule has 0 bridgehead atoms. The predicted molar refractivity (Wildman–Crippen MR) is 55.2 cm³/mol. The Labute approximate surface area is 98.4 Å². The third-order valence-electron chi connectivity index (χ3n) is 2.21. The van der Waals surface area contributed by atoms with Gasteiger partial charge in [-0.25, -0.2) is 4.98 Å². The van der Waals surface area contributed by atoms with Crippen LogP contribution in [-0.2, 0) is 12.7 Å². The molecule has 1 heterocycles. The summed E-state index contributed by atoms with van der Waals surface area (Å²) in [6.07, 6.45) is -3.30. The van der Waals surface area contributed by atoms with Gasteiger partial charge in [-0.3, -0.25) is 15.1 Å². The molecule has 0 fully saturated rings. The molecule has 0 atom stereocenters. The van der Waals surface area contributed by atoms with E-state index in [4.69, 9.17) is 0 Å². The third-order valence-corrected chi connectivity index (χ3v) is 2.21. The van der Waals surface area contributed by atoms with Crippen LogP contribution in [0.2, 0.25) is 0 Å².